The van der Waals surface area contributed by atoms with Gasteiger partial charge in [-0.1, -0.05) is 0 Å². The first-order chi connectivity index (χ1) is 4.42. The summed E-state index contributed by atoms with van der Waals surface area (Å²) in [6, 6.07) is 0. The van der Waals surface area contributed by atoms with Crippen molar-refractivity contribution in [1.82, 2.24) is 0 Å². The summed E-state index contributed by atoms with van der Waals surface area (Å²) < 4.78 is 25.1. The first-order valence-corrected chi connectivity index (χ1v) is 5.29. The molecular formula is C5H15NO3Se+2. The van der Waals surface area contributed by atoms with Gasteiger partial charge in [0.25, 0.3) is 0 Å². The molecule has 0 aromatic carbocycles. The first-order valence-electron chi connectivity index (χ1n) is 2.99. The average Bonchev–Trinajstić information content (AvgIpc) is 1.59. The van der Waals surface area contributed by atoms with Crippen molar-refractivity contribution in [1.29, 1.82) is 0 Å². The molecule has 0 N–H and O–H groups in total. The van der Waals surface area contributed by atoms with Gasteiger partial charge in [-0.2, -0.15) is 0 Å². The number of quaternary nitrogens is 1. The fourth-order valence-electron chi connectivity index (χ4n) is 0.389. The molecule has 10 heavy (non-hydrogen) atoms. The smallest absolute Gasteiger partial charge is 1.00 e. The molecule has 5 heteroatoms. The molecule has 0 fully saturated rings. The van der Waals surface area contributed by atoms with Crippen molar-refractivity contribution in [3.8, 4) is 0 Å². The fourth-order valence-corrected chi connectivity index (χ4v) is 0.873. The summed E-state index contributed by atoms with van der Waals surface area (Å²) in [5.74, 6) is 0. The normalized spacial score (nSPS) is 12.4. The van der Waals surface area contributed by atoms with Crippen LogP contribution >= 0.6 is 0 Å². The summed E-state index contributed by atoms with van der Waals surface area (Å²) in [6.45, 7) is 1.02. The molecule has 0 bridgehead atoms. The van der Waals surface area contributed by atoms with Gasteiger partial charge >= 0.3 is 65.8 Å². The quantitative estimate of drug-likeness (QED) is 0.465. The van der Waals surface area contributed by atoms with Crippen molar-refractivity contribution in [2.45, 2.75) is 0 Å². The second-order valence-corrected chi connectivity index (χ2v) is 4.55. The molecule has 0 atom stereocenters. The van der Waals surface area contributed by atoms with Crippen LogP contribution in [-0.2, 0) is 11.5 Å². The van der Waals surface area contributed by atoms with E-state index >= 15 is 0 Å². The number of rotatable bonds is 4. The molecule has 4 nitrogen and oxygen atoms in total. The van der Waals surface area contributed by atoms with Crippen molar-refractivity contribution in [3.63, 3.8) is 0 Å². The standard InChI is InChI=1S/C5H14NO3Se/c1-6(2,3)4-5-9-10(7)8/h10H,4-5H2,1-3H3/q+1/p+1. The van der Waals surface area contributed by atoms with Crippen molar-refractivity contribution >= 4 is 14.1 Å². The molecule has 0 aromatic heterocycles. The second kappa shape index (κ2) is 4.03. The Bertz CT molecular complexity index is 156. The van der Waals surface area contributed by atoms with E-state index < -0.39 is 14.1 Å². The topological polar surface area (TPSA) is 43.4 Å². The van der Waals surface area contributed by atoms with E-state index in [9.17, 15) is 7.67 Å². The Balaban J connectivity index is 0. The summed E-state index contributed by atoms with van der Waals surface area (Å²) in [4.78, 5) is 0. The van der Waals surface area contributed by atoms with Crippen molar-refractivity contribution in [3.05, 3.63) is 0 Å². The zero-order valence-electron chi connectivity index (χ0n) is 7.53. The summed E-state index contributed by atoms with van der Waals surface area (Å²) >= 11 is -3.33. The summed E-state index contributed by atoms with van der Waals surface area (Å²) in [5.41, 5.74) is 0. The Morgan fingerprint density at radius 1 is 1.40 bits per heavy atom. The summed E-state index contributed by atoms with van der Waals surface area (Å²) in [7, 11) is 5.95. The van der Waals surface area contributed by atoms with Crippen LogP contribution in [0.3, 0.4) is 0 Å². The van der Waals surface area contributed by atoms with Crippen molar-refractivity contribution < 1.29 is 17.4 Å². The fraction of sp³-hybridized carbons (Fsp3) is 1.00. The van der Waals surface area contributed by atoms with Crippen LogP contribution < -0.4 is 0 Å². The molecular weight excluding hydrogens is 201 g/mol. The third-order valence-corrected chi connectivity index (χ3v) is 1.78. The van der Waals surface area contributed by atoms with Gasteiger partial charge in [0, 0.05) is 0 Å². The third-order valence-electron chi connectivity index (χ3n) is 0.959. The largest absolute Gasteiger partial charge is 1.00 e. The Hall–Kier alpha value is 0.0395. The maximum atomic E-state index is 9.97. The van der Waals surface area contributed by atoms with E-state index in [1.165, 1.54) is 0 Å². The van der Waals surface area contributed by atoms with Gasteiger partial charge in [-0.05, 0) is 0 Å². The Labute approximate surface area is 66.5 Å². The Kier molecular flexibility index (Phi) is 4.05. The van der Waals surface area contributed by atoms with Gasteiger partial charge in [0.15, 0.2) is 0 Å². The van der Waals surface area contributed by atoms with Gasteiger partial charge in [-0.25, -0.2) is 0 Å². The molecule has 0 spiro atoms. The first kappa shape index (κ1) is 10.0. The van der Waals surface area contributed by atoms with E-state index in [1.807, 2.05) is 21.1 Å². The zero-order valence-corrected chi connectivity index (χ0v) is 8.41. The molecule has 0 aliphatic heterocycles. The third kappa shape index (κ3) is 8.04. The van der Waals surface area contributed by atoms with E-state index in [4.69, 9.17) is 0 Å². The van der Waals surface area contributed by atoms with Gasteiger partial charge in [0.1, 0.15) is 0 Å². The van der Waals surface area contributed by atoms with E-state index in [2.05, 4.69) is 3.82 Å². The van der Waals surface area contributed by atoms with Crippen LogP contribution in [0.4, 0.5) is 0 Å². The molecule has 0 radical (unpaired) electrons. The summed E-state index contributed by atoms with van der Waals surface area (Å²) in [5, 5.41) is 0. The number of hydrogen-bond donors (Lipinski definition) is 0. The molecule has 0 aromatic rings. The Morgan fingerprint density at radius 3 is 2.20 bits per heavy atom. The van der Waals surface area contributed by atoms with Crippen LogP contribution in [0.2, 0.25) is 0 Å². The van der Waals surface area contributed by atoms with E-state index in [1.54, 1.807) is 0 Å². The number of hydrogen-bond acceptors (Lipinski definition) is 3. The maximum absolute atomic E-state index is 9.97. The van der Waals surface area contributed by atoms with Crippen LogP contribution in [0.5, 0.6) is 0 Å². The minimum atomic E-state index is -3.33. The molecule has 0 saturated carbocycles. The molecule has 0 rings (SSSR count). The van der Waals surface area contributed by atoms with Gasteiger partial charge in [-0.3, -0.25) is 0 Å². The average molecular weight is 216 g/mol. The van der Waals surface area contributed by atoms with Crippen molar-refractivity contribution in [2.75, 3.05) is 34.3 Å². The van der Waals surface area contributed by atoms with Crippen molar-refractivity contribution in [2.24, 2.45) is 0 Å². The van der Waals surface area contributed by atoms with Crippen LogP contribution in [0, 0.1) is 0 Å². The van der Waals surface area contributed by atoms with Crippen LogP contribution in [0.1, 0.15) is 1.43 Å². The minimum Gasteiger partial charge on any atom is 1.00 e. The predicted molar refractivity (Wildman–Crippen MR) is 38.5 cm³/mol. The maximum Gasteiger partial charge on any atom is 1.00 e. The monoisotopic (exact) mass is 217 g/mol. The zero-order chi connectivity index (χ0) is 8.20. The molecule has 0 aliphatic carbocycles. The molecule has 0 aliphatic rings. The van der Waals surface area contributed by atoms with E-state index in [0.29, 0.717) is 6.61 Å². The molecule has 62 valence electrons. The van der Waals surface area contributed by atoms with Crippen LogP contribution in [0.25, 0.3) is 0 Å². The Morgan fingerprint density at radius 2 is 1.90 bits per heavy atom. The van der Waals surface area contributed by atoms with Gasteiger partial charge in [0.05, 0.1) is 0 Å². The van der Waals surface area contributed by atoms with Gasteiger partial charge < -0.3 is 0 Å². The van der Waals surface area contributed by atoms with Crippen LogP contribution in [-0.4, -0.2) is 52.9 Å². The van der Waals surface area contributed by atoms with Crippen LogP contribution in [0.15, 0.2) is 0 Å². The molecule has 0 saturated heterocycles. The SMILES string of the molecule is C[N+](C)(C)CCO[SeH](=O)=O.[H+]. The summed E-state index contributed by atoms with van der Waals surface area (Å²) in [6.07, 6.45) is 0. The predicted octanol–water partition coefficient (Wildman–Crippen LogP) is -0.600. The van der Waals surface area contributed by atoms with E-state index in [-0.39, 0.29) is 1.43 Å². The molecule has 0 unspecified atom stereocenters. The molecule has 0 amide bonds. The van der Waals surface area contributed by atoms with Gasteiger partial charge in [-0.15, -0.1) is 0 Å². The molecule has 0 heterocycles. The number of nitrogens with zero attached hydrogens (tertiary/aromatic N) is 1. The minimum absolute atomic E-state index is 0. The van der Waals surface area contributed by atoms with E-state index in [0.717, 1.165) is 11.0 Å². The van der Waals surface area contributed by atoms with Gasteiger partial charge in [0.2, 0.25) is 0 Å². The second-order valence-electron chi connectivity index (χ2n) is 3.07. The number of likely N-dealkylation sites (N-methyl/N-ethyl adjacent to an activating group) is 1.